The lowest BCUT2D eigenvalue weighted by Gasteiger charge is -2.34. The summed E-state index contributed by atoms with van der Waals surface area (Å²) >= 11 is 12.6. The summed E-state index contributed by atoms with van der Waals surface area (Å²) in [5, 5.41) is 3.56. The average molecular weight is 638 g/mol. The summed E-state index contributed by atoms with van der Waals surface area (Å²) in [5.41, 5.74) is 0.985. The largest absolute Gasteiger partial charge is 0.354 e. The molecule has 0 aliphatic heterocycles. The van der Waals surface area contributed by atoms with Gasteiger partial charge in [-0.3, -0.25) is 9.59 Å². The highest BCUT2D eigenvalue weighted by Crippen LogP contribution is 2.26. The second-order valence-electron chi connectivity index (χ2n) is 10.4. The molecule has 3 aromatic rings. The van der Waals surface area contributed by atoms with Crippen molar-refractivity contribution >= 4 is 50.9 Å². The van der Waals surface area contributed by atoms with E-state index in [0.717, 1.165) is 15.9 Å². The number of para-hydroxylation sites is 1. The number of hydrogen-bond donors (Lipinski definition) is 1. The zero-order valence-electron chi connectivity index (χ0n) is 23.9. The maximum absolute atomic E-state index is 14.9. The molecular formula is C30H35Cl2FN4O4S. The quantitative estimate of drug-likeness (QED) is 0.281. The van der Waals surface area contributed by atoms with Crippen molar-refractivity contribution in [2.24, 2.45) is 5.92 Å². The van der Waals surface area contributed by atoms with E-state index in [4.69, 9.17) is 23.2 Å². The fourth-order valence-electron chi connectivity index (χ4n) is 4.17. The maximum Gasteiger partial charge on any atom is 0.304 e. The van der Waals surface area contributed by atoms with Gasteiger partial charge in [-0.2, -0.15) is 12.7 Å². The Bertz CT molecular complexity index is 1490. The average Bonchev–Trinajstić information content (AvgIpc) is 2.94. The van der Waals surface area contributed by atoms with Crippen molar-refractivity contribution in [3.05, 3.63) is 99.8 Å². The lowest BCUT2D eigenvalue weighted by molar-refractivity contribution is -0.140. The van der Waals surface area contributed by atoms with Crippen molar-refractivity contribution in [3.63, 3.8) is 0 Å². The molecule has 0 bridgehead atoms. The lowest BCUT2D eigenvalue weighted by atomic mass is 10.0. The van der Waals surface area contributed by atoms with Gasteiger partial charge < -0.3 is 10.2 Å². The third-order valence-electron chi connectivity index (χ3n) is 6.45. The van der Waals surface area contributed by atoms with Gasteiger partial charge in [-0.25, -0.2) is 8.70 Å². The fraction of sp³-hybridized carbons (Fsp3) is 0.333. The maximum atomic E-state index is 14.9. The minimum Gasteiger partial charge on any atom is -0.354 e. The van der Waals surface area contributed by atoms with Gasteiger partial charge in [0.2, 0.25) is 11.8 Å². The number of amides is 2. The van der Waals surface area contributed by atoms with Crippen molar-refractivity contribution in [1.29, 1.82) is 0 Å². The summed E-state index contributed by atoms with van der Waals surface area (Å²) in [6.45, 7) is 3.36. The number of carbonyl (C=O) groups is 2. The number of rotatable bonds is 13. The van der Waals surface area contributed by atoms with Gasteiger partial charge in [0.25, 0.3) is 0 Å². The second-order valence-corrected chi connectivity index (χ2v) is 13.3. The normalized spacial score (nSPS) is 12.3. The summed E-state index contributed by atoms with van der Waals surface area (Å²) < 4.78 is 43.2. The van der Waals surface area contributed by atoms with E-state index >= 15 is 0 Å². The molecule has 8 nitrogen and oxygen atoms in total. The van der Waals surface area contributed by atoms with Gasteiger partial charge in [-0.15, -0.1) is 0 Å². The Labute approximate surface area is 257 Å². The molecule has 0 spiro atoms. The van der Waals surface area contributed by atoms with Crippen LogP contribution >= 0.6 is 23.2 Å². The molecule has 0 heterocycles. The Kier molecular flexibility index (Phi) is 11.8. The zero-order valence-corrected chi connectivity index (χ0v) is 26.3. The fourth-order valence-corrected chi connectivity index (χ4v) is 5.70. The standard InChI is InChI=1S/C30H35Cl2FN4O4S/c1-21(2)18-34-30(39)28(16-22-10-6-5-7-11-22)36(19-23-14-15-24(31)17-25(23)32)29(38)20-37(42(40,41)35(3)4)27-13-9-8-12-26(27)33/h5-15,17,21,28H,16,18-20H2,1-4H3,(H,34,39)/t28-/m0/s1. The highest BCUT2D eigenvalue weighted by molar-refractivity contribution is 7.90. The van der Waals surface area contributed by atoms with Gasteiger partial charge in [0, 0.05) is 43.7 Å². The Balaban J connectivity index is 2.13. The molecule has 0 saturated heterocycles. The molecule has 2 amide bonds. The number of halogens is 3. The third-order valence-corrected chi connectivity index (χ3v) is 8.84. The molecule has 0 saturated carbocycles. The topological polar surface area (TPSA) is 90.0 Å². The molecule has 1 N–H and O–H groups in total. The van der Waals surface area contributed by atoms with E-state index in [0.29, 0.717) is 21.4 Å². The Morgan fingerprint density at radius 1 is 0.952 bits per heavy atom. The number of hydrogen-bond acceptors (Lipinski definition) is 4. The summed E-state index contributed by atoms with van der Waals surface area (Å²) in [7, 11) is -1.74. The first kappa shape index (κ1) is 33.3. The molecule has 1 atom stereocenters. The predicted octanol–water partition coefficient (Wildman–Crippen LogP) is 5.16. The van der Waals surface area contributed by atoms with Gasteiger partial charge in [0.1, 0.15) is 18.4 Å². The minimum atomic E-state index is -4.32. The number of nitrogens with zero attached hydrogens (tertiary/aromatic N) is 3. The zero-order chi connectivity index (χ0) is 31.0. The van der Waals surface area contributed by atoms with Crippen molar-refractivity contribution in [1.82, 2.24) is 14.5 Å². The van der Waals surface area contributed by atoms with E-state index in [2.05, 4.69) is 5.32 Å². The Morgan fingerprint density at radius 2 is 1.60 bits per heavy atom. The molecule has 0 radical (unpaired) electrons. The van der Waals surface area contributed by atoms with Crippen LogP contribution in [0.2, 0.25) is 10.0 Å². The molecule has 0 unspecified atom stereocenters. The first-order chi connectivity index (χ1) is 19.8. The van der Waals surface area contributed by atoms with Crippen LogP contribution in [0, 0.1) is 11.7 Å². The van der Waals surface area contributed by atoms with E-state index in [-0.39, 0.29) is 29.6 Å². The summed E-state index contributed by atoms with van der Waals surface area (Å²) in [5.74, 6) is -1.82. The van der Waals surface area contributed by atoms with Gasteiger partial charge in [0.05, 0.1) is 5.69 Å². The summed E-state index contributed by atoms with van der Waals surface area (Å²) in [6, 6.07) is 18.2. The lowest BCUT2D eigenvalue weighted by Crippen LogP contribution is -2.54. The molecule has 3 aromatic carbocycles. The van der Waals surface area contributed by atoms with Gasteiger partial charge >= 0.3 is 10.2 Å². The van der Waals surface area contributed by atoms with Gasteiger partial charge in [0.15, 0.2) is 0 Å². The minimum absolute atomic E-state index is 0.130. The van der Waals surface area contributed by atoms with Crippen LogP contribution in [-0.2, 0) is 32.8 Å². The first-order valence-corrected chi connectivity index (χ1v) is 15.5. The van der Waals surface area contributed by atoms with Crippen molar-refractivity contribution < 1.29 is 22.4 Å². The SMILES string of the molecule is CC(C)CNC(=O)[C@H](Cc1ccccc1)N(Cc1ccc(Cl)cc1Cl)C(=O)CN(c1ccccc1F)S(=O)(=O)N(C)C. The third kappa shape index (κ3) is 8.67. The smallest absolute Gasteiger partial charge is 0.304 e. The first-order valence-electron chi connectivity index (χ1n) is 13.3. The van der Waals surface area contributed by atoms with Crippen LogP contribution in [0.3, 0.4) is 0 Å². The monoisotopic (exact) mass is 636 g/mol. The van der Waals surface area contributed by atoms with E-state index in [1.165, 1.54) is 43.3 Å². The highest BCUT2D eigenvalue weighted by atomic mass is 35.5. The molecular weight excluding hydrogens is 602 g/mol. The molecule has 12 heteroatoms. The van der Waals surface area contributed by atoms with Crippen LogP contribution in [0.5, 0.6) is 0 Å². The molecule has 0 aromatic heterocycles. The van der Waals surface area contributed by atoms with Crippen molar-refractivity contribution in [3.8, 4) is 0 Å². The van der Waals surface area contributed by atoms with Crippen LogP contribution in [0.25, 0.3) is 0 Å². The van der Waals surface area contributed by atoms with Crippen LogP contribution in [0.4, 0.5) is 10.1 Å². The molecule has 226 valence electrons. The molecule has 0 aliphatic rings. The number of carbonyl (C=O) groups excluding carboxylic acids is 2. The van der Waals surface area contributed by atoms with Crippen molar-refractivity contribution in [2.45, 2.75) is 32.9 Å². The van der Waals surface area contributed by atoms with E-state index in [1.807, 2.05) is 44.2 Å². The molecule has 3 rings (SSSR count). The molecule has 0 fully saturated rings. The Hall–Kier alpha value is -3.18. The van der Waals surface area contributed by atoms with E-state index < -0.39 is 40.4 Å². The van der Waals surface area contributed by atoms with E-state index in [1.54, 1.807) is 12.1 Å². The van der Waals surface area contributed by atoms with Crippen LogP contribution in [0.15, 0.2) is 72.8 Å². The van der Waals surface area contributed by atoms with Crippen molar-refractivity contribution in [2.75, 3.05) is 31.5 Å². The Morgan fingerprint density at radius 3 is 2.19 bits per heavy atom. The number of anilines is 1. The van der Waals surface area contributed by atoms with E-state index in [9.17, 15) is 22.4 Å². The van der Waals surface area contributed by atoms with Crippen LogP contribution < -0.4 is 9.62 Å². The number of nitrogens with one attached hydrogen (secondary N) is 1. The van der Waals surface area contributed by atoms with Crippen LogP contribution in [0.1, 0.15) is 25.0 Å². The molecule has 42 heavy (non-hydrogen) atoms. The number of benzene rings is 3. The highest BCUT2D eigenvalue weighted by Gasteiger charge is 2.35. The molecule has 0 aliphatic carbocycles. The van der Waals surface area contributed by atoms with Gasteiger partial charge in [-0.1, -0.05) is 85.6 Å². The predicted molar refractivity (Wildman–Crippen MR) is 165 cm³/mol. The van der Waals surface area contributed by atoms with Gasteiger partial charge in [-0.05, 0) is 41.3 Å². The van der Waals surface area contributed by atoms with Crippen LogP contribution in [-0.4, -0.2) is 62.7 Å². The second kappa shape index (κ2) is 14.8. The summed E-state index contributed by atoms with van der Waals surface area (Å²) in [6.07, 6.45) is 0.141. The summed E-state index contributed by atoms with van der Waals surface area (Å²) in [4.78, 5) is 29.2.